The molecule has 1 aliphatic rings. The Morgan fingerprint density at radius 2 is 2.00 bits per heavy atom. The van der Waals surface area contributed by atoms with Crippen molar-refractivity contribution in [2.24, 2.45) is 11.3 Å². The van der Waals surface area contributed by atoms with Gasteiger partial charge in [-0.1, -0.05) is 13.8 Å². The zero-order valence-corrected chi connectivity index (χ0v) is 12.7. The highest BCUT2D eigenvalue weighted by Gasteiger charge is 2.32. The lowest BCUT2D eigenvalue weighted by Crippen LogP contribution is -2.32. The van der Waals surface area contributed by atoms with Crippen molar-refractivity contribution in [2.75, 3.05) is 12.8 Å². The quantitative estimate of drug-likeness (QED) is 0.876. The van der Waals surface area contributed by atoms with Gasteiger partial charge in [0.05, 0.1) is 0 Å². The van der Waals surface area contributed by atoms with E-state index in [1.54, 1.807) is 6.20 Å². The highest BCUT2D eigenvalue weighted by Crippen LogP contribution is 2.43. The van der Waals surface area contributed by atoms with E-state index in [2.05, 4.69) is 37.1 Å². The van der Waals surface area contributed by atoms with Gasteiger partial charge in [0.1, 0.15) is 5.82 Å². The standard InChI is InChI=1S/C16H27N3/c1-11-7-10-19-15(17)13(11)14(18-4)12-5-8-16(2,3)9-6-12/h7,10,12,14,18H,5-6,8-9H2,1-4H3,(H2,17,19). The molecule has 1 aliphatic carbocycles. The van der Waals surface area contributed by atoms with E-state index in [0.29, 0.717) is 23.2 Å². The van der Waals surface area contributed by atoms with Crippen molar-refractivity contribution >= 4 is 5.82 Å². The van der Waals surface area contributed by atoms with E-state index in [-0.39, 0.29) is 0 Å². The molecule has 1 atom stereocenters. The monoisotopic (exact) mass is 261 g/mol. The lowest BCUT2D eigenvalue weighted by atomic mass is 9.70. The molecule has 3 N–H and O–H groups in total. The highest BCUT2D eigenvalue weighted by molar-refractivity contribution is 5.46. The molecule has 0 bridgehead atoms. The number of nitrogens with one attached hydrogen (secondary N) is 1. The van der Waals surface area contributed by atoms with Crippen molar-refractivity contribution in [3.63, 3.8) is 0 Å². The summed E-state index contributed by atoms with van der Waals surface area (Å²) in [7, 11) is 2.04. The van der Waals surface area contributed by atoms with Crippen LogP contribution >= 0.6 is 0 Å². The van der Waals surface area contributed by atoms with Crippen LogP contribution in [0.5, 0.6) is 0 Å². The Bertz CT molecular complexity index is 409. The highest BCUT2D eigenvalue weighted by atomic mass is 14.9. The van der Waals surface area contributed by atoms with Gasteiger partial charge in [-0.15, -0.1) is 0 Å². The first-order chi connectivity index (χ1) is 8.94. The molecule has 3 nitrogen and oxygen atoms in total. The molecule has 1 aromatic heterocycles. The van der Waals surface area contributed by atoms with Crippen molar-refractivity contribution in [1.82, 2.24) is 10.3 Å². The van der Waals surface area contributed by atoms with Gasteiger partial charge < -0.3 is 11.1 Å². The number of aromatic nitrogens is 1. The fraction of sp³-hybridized carbons (Fsp3) is 0.688. The molecule has 0 spiro atoms. The number of anilines is 1. The Morgan fingerprint density at radius 3 is 2.53 bits per heavy atom. The van der Waals surface area contributed by atoms with E-state index < -0.39 is 0 Å². The molecule has 1 unspecified atom stereocenters. The van der Waals surface area contributed by atoms with E-state index in [4.69, 9.17) is 5.73 Å². The Balaban J connectivity index is 2.21. The van der Waals surface area contributed by atoms with E-state index >= 15 is 0 Å². The molecular formula is C16H27N3. The summed E-state index contributed by atoms with van der Waals surface area (Å²) in [4.78, 5) is 4.27. The smallest absolute Gasteiger partial charge is 0.128 e. The summed E-state index contributed by atoms with van der Waals surface area (Å²) in [5, 5.41) is 3.48. The molecule has 3 heteroatoms. The Hall–Kier alpha value is -1.09. The summed E-state index contributed by atoms with van der Waals surface area (Å²) in [5.41, 5.74) is 9.06. The first-order valence-electron chi connectivity index (χ1n) is 7.33. The molecular weight excluding hydrogens is 234 g/mol. The van der Waals surface area contributed by atoms with Gasteiger partial charge in [-0.3, -0.25) is 0 Å². The number of pyridine rings is 1. The molecule has 1 fully saturated rings. The van der Waals surface area contributed by atoms with E-state index in [9.17, 15) is 0 Å². The second-order valence-electron chi connectivity index (χ2n) is 6.69. The van der Waals surface area contributed by atoms with Gasteiger partial charge in [-0.05, 0) is 62.6 Å². The number of nitrogens with zero attached hydrogens (tertiary/aromatic N) is 1. The molecule has 1 aromatic rings. The fourth-order valence-electron chi connectivity index (χ4n) is 3.37. The van der Waals surface area contributed by atoms with Crippen LogP contribution in [0.15, 0.2) is 12.3 Å². The third kappa shape index (κ3) is 3.08. The first-order valence-corrected chi connectivity index (χ1v) is 7.33. The minimum Gasteiger partial charge on any atom is -0.383 e. The number of hydrogen-bond acceptors (Lipinski definition) is 3. The molecule has 106 valence electrons. The predicted molar refractivity (Wildman–Crippen MR) is 80.9 cm³/mol. The van der Waals surface area contributed by atoms with Crippen LogP contribution in [-0.4, -0.2) is 12.0 Å². The zero-order valence-electron chi connectivity index (χ0n) is 12.7. The maximum atomic E-state index is 6.11. The minimum absolute atomic E-state index is 0.338. The van der Waals surface area contributed by atoms with Crippen molar-refractivity contribution < 1.29 is 0 Å². The van der Waals surface area contributed by atoms with Gasteiger partial charge in [0.25, 0.3) is 0 Å². The van der Waals surface area contributed by atoms with Crippen LogP contribution in [0.2, 0.25) is 0 Å². The topological polar surface area (TPSA) is 50.9 Å². The summed E-state index contributed by atoms with van der Waals surface area (Å²) in [6.07, 6.45) is 6.94. The molecule has 1 heterocycles. The number of hydrogen-bond donors (Lipinski definition) is 2. The van der Waals surface area contributed by atoms with Crippen molar-refractivity contribution in [3.8, 4) is 0 Å². The lowest BCUT2D eigenvalue weighted by Gasteiger charge is -2.38. The largest absolute Gasteiger partial charge is 0.383 e. The van der Waals surface area contributed by atoms with Crippen molar-refractivity contribution in [1.29, 1.82) is 0 Å². The van der Waals surface area contributed by atoms with Gasteiger partial charge in [0.15, 0.2) is 0 Å². The average molecular weight is 261 g/mol. The Morgan fingerprint density at radius 1 is 1.37 bits per heavy atom. The van der Waals surface area contributed by atoms with Gasteiger partial charge in [-0.2, -0.15) is 0 Å². The third-order valence-electron chi connectivity index (χ3n) is 4.72. The van der Waals surface area contributed by atoms with E-state index in [1.807, 2.05) is 7.05 Å². The number of nitrogens with two attached hydrogens (primary N) is 1. The summed E-state index contributed by atoms with van der Waals surface area (Å²) in [6, 6.07) is 2.40. The van der Waals surface area contributed by atoms with Crippen LogP contribution in [0.1, 0.15) is 56.7 Å². The van der Waals surface area contributed by atoms with Crippen molar-refractivity contribution in [3.05, 3.63) is 23.4 Å². The van der Waals surface area contributed by atoms with Crippen LogP contribution in [0.25, 0.3) is 0 Å². The third-order valence-corrected chi connectivity index (χ3v) is 4.72. The normalized spacial score (nSPS) is 21.3. The Labute approximate surface area is 117 Å². The minimum atomic E-state index is 0.338. The lowest BCUT2D eigenvalue weighted by molar-refractivity contribution is 0.164. The molecule has 0 radical (unpaired) electrons. The second-order valence-corrected chi connectivity index (χ2v) is 6.69. The van der Waals surface area contributed by atoms with Crippen LogP contribution in [0, 0.1) is 18.3 Å². The number of nitrogen functional groups attached to an aromatic ring is 1. The maximum Gasteiger partial charge on any atom is 0.128 e. The van der Waals surface area contributed by atoms with Gasteiger partial charge in [0.2, 0.25) is 0 Å². The Kier molecular flexibility index (Phi) is 4.14. The van der Waals surface area contributed by atoms with Crippen LogP contribution in [0.4, 0.5) is 5.82 Å². The SMILES string of the molecule is CNC(c1c(C)ccnc1N)C1CCC(C)(C)CC1. The molecule has 0 amide bonds. The van der Waals surface area contributed by atoms with E-state index in [1.165, 1.54) is 36.8 Å². The van der Waals surface area contributed by atoms with Gasteiger partial charge in [-0.25, -0.2) is 4.98 Å². The van der Waals surface area contributed by atoms with Crippen molar-refractivity contribution in [2.45, 2.75) is 52.5 Å². The number of rotatable bonds is 3. The molecule has 0 saturated heterocycles. The molecule has 2 rings (SSSR count). The first kappa shape index (κ1) is 14.3. The second kappa shape index (κ2) is 5.49. The summed E-state index contributed by atoms with van der Waals surface area (Å²) in [6.45, 7) is 6.88. The summed E-state index contributed by atoms with van der Waals surface area (Å²) in [5.74, 6) is 1.35. The number of aryl methyl sites for hydroxylation is 1. The zero-order chi connectivity index (χ0) is 14.0. The maximum absolute atomic E-state index is 6.11. The molecule has 0 aromatic carbocycles. The summed E-state index contributed by atoms with van der Waals surface area (Å²) < 4.78 is 0. The summed E-state index contributed by atoms with van der Waals surface area (Å²) >= 11 is 0. The predicted octanol–water partition coefficient (Wildman–Crippen LogP) is 3.45. The molecule has 0 aliphatic heterocycles. The fourth-order valence-corrected chi connectivity index (χ4v) is 3.37. The molecule has 19 heavy (non-hydrogen) atoms. The molecule has 1 saturated carbocycles. The van der Waals surface area contributed by atoms with Crippen LogP contribution in [-0.2, 0) is 0 Å². The average Bonchev–Trinajstić information content (AvgIpc) is 2.35. The van der Waals surface area contributed by atoms with Gasteiger partial charge in [0, 0.05) is 17.8 Å². The van der Waals surface area contributed by atoms with Crippen LogP contribution < -0.4 is 11.1 Å². The van der Waals surface area contributed by atoms with Gasteiger partial charge >= 0.3 is 0 Å². The van der Waals surface area contributed by atoms with E-state index in [0.717, 1.165) is 0 Å². The van der Waals surface area contributed by atoms with Crippen LogP contribution in [0.3, 0.4) is 0 Å².